The highest BCUT2D eigenvalue weighted by molar-refractivity contribution is 7.92. The minimum atomic E-state index is -3.90. The van der Waals surface area contributed by atoms with E-state index in [1.165, 1.54) is 25.3 Å². The van der Waals surface area contributed by atoms with Gasteiger partial charge in [0, 0.05) is 11.6 Å². The number of aromatic nitrogens is 1. The molecule has 7 heteroatoms. The molecule has 0 radical (unpaired) electrons. The molecular formula is C18H16N2O4S. The molecule has 0 unspecified atom stereocenters. The number of ether oxygens (including phenoxy) is 1. The third-order valence-electron chi connectivity index (χ3n) is 3.86. The Bertz CT molecular complexity index is 1060. The van der Waals surface area contributed by atoms with Gasteiger partial charge in [-0.25, -0.2) is 13.2 Å². The van der Waals surface area contributed by atoms with Crippen molar-refractivity contribution in [3.8, 4) is 0 Å². The van der Waals surface area contributed by atoms with Crippen molar-refractivity contribution in [3.63, 3.8) is 0 Å². The van der Waals surface area contributed by atoms with Crippen LogP contribution in [-0.4, -0.2) is 26.5 Å². The molecule has 0 spiro atoms. The first-order valence-electron chi connectivity index (χ1n) is 7.48. The zero-order valence-electron chi connectivity index (χ0n) is 13.7. The van der Waals surface area contributed by atoms with Crippen LogP contribution in [-0.2, 0) is 14.8 Å². The molecule has 0 fully saturated rings. The molecule has 1 aromatic heterocycles. The minimum absolute atomic E-state index is 0.0170. The van der Waals surface area contributed by atoms with Gasteiger partial charge in [0.05, 0.1) is 28.8 Å². The Labute approximate surface area is 145 Å². The Balaban J connectivity index is 2.07. The van der Waals surface area contributed by atoms with Gasteiger partial charge in [0.1, 0.15) is 0 Å². The summed E-state index contributed by atoms with van der Waals surface area (Å²) in [5.74, 6) is -0.582. The molecule has 25 heavy (non-hydrogen) atoms. The number of para-hydroxylation sites is 1. The lowest BCUT2D eigenvalue weighted by Gasteiger charge is -2.13. The summed E-state index contributed by atoms with van der Waals surface area (Å²) in [5.41, 5.74) is 1.47. The molecule has 3 aromatic rings. The number of sulfonamides is 1. The average Bonchev–Trinajstić information content (AvgIpc) is 2.61. The maximum absolute atomic E-state index is 12.8. The van der Waals surface area contributed by atoms with Crippen LogP contribution in [0.1, 0.15) is 15.9 Å². The van der Waals surface area contributed by atoms with Crippen molar-refractivity contribution in [2.24, 2.45) is 0 Å². The number of anilines is 1. The van der Waals surface area contributed by atoms with Crippen molar-refractivity contribution in [1.29, 1.82) is 0 Å². The lowest BCUT2D eigenvalue weighted by atomic mass is 10.1. The van der Waals surface area contributed by atoms with Crippen LogP contribution in [0, 0.1) is 6.92 Å². The number of esters is 1. The van der Waals surface area contributed by atoms with E-state index in [4.69, 9.17) is 4.74 Å². The number of fused-ring (bicyclic) bond motifs is 1. The van der Waals surface area contributed by atoms with Crippen LogP contribution < -0.4 is 4.72 Å². The fraction of sp³-hybridized carbons (Fsp3) is 0.111. The summed E-state index contributed by atoms with van der Waals surface area (Å²) in [6.07, 6.45) is 1.60. The van der Waals surface area contributed by atoms with Gasteiger partial charge in [-0.05, 0) is 36.8 Å². The first kappa shape index (κ1) is 16.9. The lowest BCUT2D eigenvalue weighted by Crippen LogP contribution is -2.16. The first-order valence-corrected chi connectivity index (χ1v) is 8.97. The number of methoxy groups -OCH3 is 1. The quantitative estimate of drug-likeness (QED) is 0.726. The molecule has 1 N–H and O–H groups in total. The predicted octanol–water partition coefficient (Wildman–Crippen LogP) is 3.13. The van der Waals surface area contributed by atoms with Gasteiger partial charge in [-0.3, -0.25) is 9.71 Å². The number of hydrogen-bond donors (Lipinski definition) is 1. The van der Waals surface area contributed by atoms with E-state index in [0.717, 1.165) is 5.39 Å². The molecule has 1 heterocycles. The van der Waals surface area contributed by atoms with Gasteiger partial charge in [-0.1, -0.05) is 24.3 Å². The zero-order valence-corrected chi connectivity index (χ0v) is 14.5. The van der Waals surface area contributed by atoms with Gasteiger partial charge in [0.25, 0.3) is 10.0 Å². The van der Waals surface area contributed by atoms with Crippen molar-refractivity contribution in [2.75, 3.05) is 11.8 Å². The van der Waals surface area contributed by atoms with Crippen LogP contribution in [0.2, 0.25) is 0 Å². The molecular weight excluding hydrogens is 340 g/mol. The Morgan fingerprint density at radius 1 is 1.08 bits per heavy atom. The zero-order chi connectivity index (χ0) is 18.0. The number of carbonyl (C=O) groups excluding carboxylic acids is 1. The summed E-state index contributed by atoms with van der Waals surface area (Å²) >= 11 is 0. The summed E-state index contributed by atoms with van der Waals surface area (Å²) in [5, 5.41) is 0.822. The monoisotopic (exact) mass is 356 g/mol. The van der Waals surface area contributed by atoms with Crippen LogP contribution in [0.4, 0.5) is 5.69 Å². The molecule has 0 aliphatic heterocycles. The highest BCUT2D eigenvalue weighted by Gasteiger charge is 2.22. The summed E-state index contributed by atoms with van der Waals surface area (Å²) in [6, 6.07) is 13.4. The highest BCUT2D eigenvalue weighted by atomic mass is 32.2. The van der Waals surface area contributed by atoms with Crippen LogP contribution in [0.3, 0.4) is 0 Å². The summed E-state index contributed by atoms with van der Waals surface area (Å²) in [6.45, 7) is 1.57. The molecule has 0 amide bonds. The van der Waals surface area contributed by atoms with Gasteiger partial charge >= 0.3 is 5.97 Å². The molecule has 0 saturated carbocycles. The van der Waals surface area contributed by atoms with Crippen molar-refractivity contribution in [2.45, 2.75) is 11.8 Å². The highest BCUT2D eigenvalue weighted by Crippen LogP contribution is 2.26. The fourth-order valence-electron chi connectivity index (χ4n) is 2.62. The third kappa shape index (κ3) is 3.18. The summed E-state index contributed by atoms with van der Waals surface area (Å²) in [4.78, 5) is 16.1. The SMILES string of the molecule is COC(=O)c1cccc(S(=O)(=O)Nc2cccc3cccnc23)c1C. The number of pyridine rings is 1. The number of benzene rings is 2. The topological polar surface area (TPSA) is 85.4 Å². The maximum atomic E-state index is 12.8. The van der Waals surface area contributed by atoms with E-state index in [2.05, 4.69) is 9.71 Å². The Kier molecular flexibility index (Phi) is 4.41. The van der Waals surface area contributed by atoms with Gasteiger partial charge in [0.15, 0.2) is 0 Å². The van der Waals surface area contributed by atoms with Crippen LogP contribution in [0.25, 0.3) is 10.9 Å². The summed E-state index contributed by atoms with van der Waals surface area (Å²) < 4.78 is 32.9. The van der Waals surface area contributed by atoms with E-state index in [0.29, 0.717) is 16.8 Å². The van der Waals surface area contributed by atoms with Gasteiger partial charge < -0.3 is 4.74 Å². The van der Waals surface area contributed by atoms with E-state index in [1.807, 2.05) is 12.1 Å². The molecule has 0 atom stereocenters. The van der Waals surface area contributed by atoms with Crippen molar-refractivity contribution < 1.29 is 17.9 Å². The number of nitrogens with zero attached hydrogens (tertiary/aromatic N) is 1. The molecule has 6 nitrogen and oxygen atoms in total. The largest absolute Gasteiger partial charge is 0.465 e. The average molecular weight is 356 g/mol. The molecule has 0 aliphatic rings. The summed E-state index contributed by atoms with van der Waals surface area (Å²) in [7, 11) is -2.64. The maximum Gasteiger partial charge on any atom is 0.338 e. The normalized spacial score (nSPS) is 11.3. The molecule has 128 valence electrons. The molecule has 0 saturated heterocycles. The standard InChI is InChI=1S/C18H16N2O4S/c1-12-14(18(21)24-2)8-4-10-16(12)25(22,23)20-15-9-3-6-13-7-5-11-19-17(13)15/h3-11,20H,1-2H3. The number of carbonyl (C=O) groups is 1. The number of hydrogen-bond acceptors (Lipinski definition) is 5. The predicted molar refractivity (Wildman–Crippen MR) is 95.1 cm³/mol. The molecule has 2 aromatic carbocycles. The van der Waals surface area contributed by atoms with E-state index in [1.54, 1.807) is 31.3 Å². The van der Waals surface area contributed by atoms with Crippen molar-refractivity contribution in [1.82, 2.24) is 4.98 Å². The number of nitrogens with one attached hydrogen (secondary N) is 1. The molecule has 3 rings (SSSR count). The molecule has 0 bridgehead atoms. The van der Waals surface area contributed by atoms with Crippen molar-refractivity contribution >= 4 is 32.6 Å². The van der Waals surface area contributed by atoms with Gasteiger partial charge in [-0.15, -0.1) is 0 Å². The van der Waals surface area contributed by atoms with E-state index < -0.39 is 16.0 Å². The van der Waals surface area contributed by atoms with E-state index in [-0.39, 0.29) is 10.5 Å². The Morgan fingerprint density at radius 3 is 2.56 bits per heavy atom. The molecule has 0 aliphatic carbocycles. The van der Waals surface area contributed by atoms with Gasteiger partial charge in [0.2, 0.25) is 0 Å². The second-order valence-corrected chi connectivity index (χ2v) is 7.06. The second kappa shape index (κ2) is 6.52. The van der Waals surface area contributed by atoms with Crippen LogP contribution >= 0.6 is 0 Å². The Hall–Kier alpha value is -2.93. The third-order valence-corrected chi connectivity index (χ3v) is 5.37. The van der Waals surface area contributed by atoms with E-state index >= 15 is 0 Å². The smallest absolute Gasteiger partial charge is 0.338 e. The van der Waals surface area contributed by atoms with Crippen LogP contribution in [0.5, 0.6) is 0 Å². The van der Waals surface area contributed by atoms with Gasteiger partial charge in [-0.2, -0.15) is 0 Å². The minimum Gasteiger partial charge on any atom is -0.465 e. The number of rotatable bonds is 4. The van der Waals surface area contributed by atoms with E-state index in [9.17, 15) is 13.2 Å². The Morgan fingerprint density at radius 2 is 1.80 bits per heavy atom. The van der Waals surface area contributed by atoms with Crippen LogP contribution in [0.15, 0.2) is 59.6 Å². The lowest BCUT2D eigenvalue weighted by molar-refractivity contribution is 0.0599. The second-order valence-electron chi connectivity index (χ2n) is 5.41. The first-order chi connectivity index (χ1) is 11.9. The van der Waals surface area contributed by atoms with Crippen molar-refractivity contribution in [3.05, 3.63) is 65.9 Å². The fourth-order valence-corrected chi connectivity index (χ4v) is 3.96.